The predicted molar refractivity (Wildman–Crippen MR) is 134 cm³/mol. The second-order valence-electron chi connectivity index (χ2n) is 8.53. The highest BCUT2D eigenvalue weighted by molar-refractivity contribution is 6.31. The van der Waals surface area contributed by atoms with Gasteiger partial charge in [0.2, 0.25) is 17.8 Å². The molecule has 0 spiro atoms. The molecule has 4 atom stereocenters. The molecule has 9 N–H and O–H groups in total. The molecule has 0 aliphatic carbocycles. The van der Waals surface area contributed by atoms with Crippen LogP contribution < -0.4 is 38.1 Å². The van der Waals surface area contributed by atoms with Crippen molar-refractivity contribution >= 4 is 41.9 Å². The minimum Gasteiger partial charge on any atom is -0.350 e. The molecule has 32 heavy (non-hydrogen) atoms. The zero-order valence-corrected chi connectivity index (χ0v) is 19.5. The van der Waals surface area contributed by atoms with Crippen LogP contribution in [-0.2, 0) is 6.54 Å². The largest absolute Gasteiger partial charge is 0.350 e. The van der Waals surface area contributed by atoms with E-state index in [-0.39, 0.29) is 38.0 Å². The van der Waals surface area contributed by atoms with Gasteiger partial charge in [-0.3, -0.25) is 0 Å². The van der Waals surface area contributed by atoms with Gasteiger partial charge in [0.1, 0.15) is 0 Å². The lowest BCUT2D eigenvalue weighted by Gasteiger charge is -2.37. The summed E-state index contributed by atoms with van der Waals surface area (Å²) < 4.78 is 0. The maximum Gasteiger partial charge on any atom is 0.232 e. The van der Waals surface area contributed by atoms with E-state index in [1.165, 1.54) is 0 Å². The standard InChI is InChI=1S/C20H31ClN10.ClH.H2/c21-17-4-2-1-3-12(17)7-26-18-27-19(30-8-13(22)5-14(23)9-30)29-20(28-18)31-10-15(24)6-16(25)11-31;;/h1-4,13-16H,5-11,22-25H2,(H,26,27,28,29);2*1H/t13-,14+,15-,16+;;. The van der Waals surface area contributed by atoms with E-state index in [4.69, 9.17) is 39.5 Å². The number of aromatic nitrogens is 3. The van der Waals surface area contributed by atoms with E-state index in [1.54, 1.807) is 0 Å². The summed E-state index contributed by atoms with van der Waals surface area (Å²) in [5.74, 6) is 1.55. The molecule has 2 aliphatic rings. The SMILES string of the molecule is Cl.N[C@@H]1C[C@H](N)CN(c2nc(NCc3ccccc3Cl)nc(N3C[C@H](N)C[C@H](N)C3)n2)C1.[HH]. The van der Waals surface area contributed by atoms with Crippen LogP contribution in [0.5, 0.6) is 0 Å². The minimum atomic E-state index is -0.0275. The quantitative estimate of drug-likeness (QED) is 0.404. The molecule has 0 amide bonds. The second kappa shape index (κ2) is 10.8. The zero-order chi connectivity index (χ0) is 22.0. The van der Waals surface area contributed by atoms with Gasteiger partial charge in [-0.1, -0.05) is 29.8 Å². The van der Waals surface area contributed by atoms with Gasteiger partial charge in [-0.05, 0) is 24.5 Å². The monoisotopic (exact) mass is 484 g/mol. The summed E-state index contributed by atoms with van der Waals surface area (Å²) in [6.07, 6.45) is 1.56. The van der Waals surface area contributed by atoms with E-state index in [0.29, 0.717) is 55.6 Å². The van der Waals surface area contributed by atoms with Gasteiger partial charge in [0.05, 0.1) is 0 Å². The lowest BCUT2D eigenvalue weighted by atomic mass is 10.0. The molecule has 3 heterocycles. The third kappa shape index (κ3) is 6.09. The maximum absolute atomic E-state index is 6.30. The third-order valence-corrected chi connectivity index (χ3v) is 5.97. The first-order chi connectivity index (χ1) is 14.9. The van der Waals surface area contributed by atoms with Crippen LogP contribution in [0.2, 0.25) is 5.02 Å². The van der Waals surface area contributed by atoms with Gasteiger partial charge in [0.15, 0.2) is 0 Å². The van der Waals surface area contributed by atoms with Crippen molar-refractivity contribution in [3.63, 3.8) is 0 Å². The van der Waals surface area contributed by atoms with Crippen molar-refractivity contribution in [3.05, 3.63) is 34.9 Å². The number of piperidine rings is 2. The predicted octanol–water partition coefficient (Wildman–Crippen LogP) is 0.534. The Hall–Kier alpha value is -1.95. The fourth-order valence-electron chi connectivity index (χ4n) is 4.22. The molecule has 2 saturated heterocycles. The molecule has 2 fully saturated rings. The molecule has 178 valence electrons. The lowest BCUT2D eigenvalue weighted by Crippen LogP contribution is -2.54. The molecule has 0 saturated carbocycles. The highest BCUT2D eigenvalue weighted by Gasteiger charge is 2.28. The number of nitrogens with two attached hydrogens (primary N) is 4. The molecule has 0 unspecified atom stereocenters. The van der Waals surface area contributed by atoms with E-state index in [2.05, 4.69) is 15.3 Å². The Morgan fingerprint density at radius 1 is 0.844 bits per heavy atom. The summed E-state index contributed by atoms with van der Waals surface area (Å²) >= 11 is 6.30. The average molecular weight is 485 g/mol. The average Bonchev–Trinajstić information content (AvgIpc) is 2.71. The van der Waals surface area contributed by atoms with Gasteiger partial charge in [0, 0.05) is 63.3 Å². The Bertz CT molecular complexity index is 843. The Morgan fingerprint density at radius 3 is 1.78 bits per heavy atom. The van der Waals surface area contributed by atoms with Gasteiger partial charge < -0.3 is 38.1 Å². The number of nitrogens with one attached hydrogen (secondary N) is 1. The van der Waals surface area contributed by atoms with Gasteiger partial charge in [-0.15, -0.1) is 12.4 Å². The maximum atomic E-state index is 6.30. The van der Waals surface area contributed by atoms with Gasteiger partial charge in [-0.25, -0.2) is 0 Å². The zero-order valence-electron chi connectivity index (χ0n) is 17.9. The summed E-state index contributed by atoms with van der Waals surface area (Å²) in [5, 5.41) is 3.97. The van der Waals surface area contributed by atoms with Crippen molar-refractivity contribution in [2.45, 2.75) is 43.6 Å². The Balaban J connectivity index is 0.00000193. The van der Waals surface area contributed by atoms with Crippen LogP contribution in [0.1, 0.15) is 19.8 Å². The van der Waals surface area contributed by atoms with E-state index < -0.39 is 0 Å². The van der Waals surface area contributed by atoms with E-state index >= 15 is 0 Å². The van der Waals surface area contributed by atoms with Crippen LogP contribution in [0.15, 0.2) is 24.3 Å². The molecule has 4 rings (SSSR count). The van der Waals surface area contributed by atoms with Crippen molar-refractivity contribution in [1.82, 2.24) is 15.0 Å². The first-order valence-electron chi connectivity index (χ1n) is 10.6. The summed E-state index contributed by atoms with van der Waals surface area (Å²) in [6.45, 7) is 3.04. The molecular weight excluding hydrogens is 451 g/mol. The second-order valence-corrected chi connectivity index (χ2v) is 8.93. The van der Waals surface area contributed by atoms with Crippen molar-refractivity contribution in [2.24, 2.45) is 22.9 Å². The van der Waals surface area contributed by atoms with Crippen molar-refractivity contribution in [2.75, 3.05) is 41.3 Å². The number of anilines is 3. The first-order valence-corrected chi connectivity index (χ1v) is 11.0. The van der Waals surface area contributed by atoms with Crippen molar-refractivity contribution in [3.8, 4) is 0 Å². The molecule has 2 aliphatic heterocycles. The number of rotatable bonds is 5. The summed E-state index contributed by atoms with van der Waals surface area (Å²) in [5.41, 5.74) is 25.7. The van der Waals surface area contributed by atoms with Crippen molar-refractivity contribution < 1.29 is 1.43 Å². The minimum absolute atomic E-state index is 0. The van der Waals surface area contributed by atoms with E-state index in [9.17, 15) is 0 Å². The number of hydrogen-bond donors (Lipinski definition) is 5. The van der Waals surface area contributed by atoms with Crippen LogP contribution in [0, 0.1) is 0 Å². The molecule has 0 bridgehead atoms. The number of benzene rings is 1. The van der Waals surface area contributed by atoms with E-state index in [0.717, 1.165) is 18.4 Å². The third-order valence-electron chi connectivity index (χ3n) is 5.60. The molecule has 1 aromatic carbocycles. The van der Waals surface area contributed by atoms with Crippen molar-refractivity contribution in [1.29, 1.82) is 0 Å². The number of hydrogen-bond acceptors (Lipinski definition) is 10. The van der Waals surface area contributed by atoms with E-state index in [1.807, 2.05) is 34.1 Å². The first kappa shape index (κ1) is 24.7. The fourth-order valence-corrected chi connectivity index (χ4v) is 4.42. The Labute approximate surface area is 201 Å². The number of halogens is 2. The van der Waals surface area contributed by atoms with Crippen LogP contribution in [0.3, 0.4) is 0 Å². The Morgan fingerprint density at radius 2 is 1.31 bits per heavy atom. The van der Waals surface area contributed by atoms with Crippen LogP contribution >= 0.6 is 24.0 Å². The fraction of sp³-hybridized carbons (Fsp3) is 0.550. The lowest BCUT2D eigenvalue weighted by molar-refractivity contribution is 0.441. The molecule has 0 radical (unpaired) electrons. The van der Waals surface area contributed by atoms with Crippen LogP contribution in [0.25, 0.3) is 0 Å². The van der Waals surface area contributed by atoms with Gasteiger partial charge >= 0.3 is 0 Å². The summed E-state index contributed by atoms with van der Waals surface area (Å²) in [7, 11) is 0. The topological polar surface area (TPSA) is 161 Å². The molecule has 1 aromatic heterocycles. The molecular formula is C20H34Cl2N10. The molecule has 12 heteroatoms. The van der Waals surface area contributed by atoms with Crippen LogP contribution in [0.4, 0.5) is 17.8 Å². The highest BCUT2D eigenvalue weighted by Crippen LogP contribution is 2.23. The Kier molecular flexibility index (Phi) is 8.32. The molecule has 2 aromatic rings. The normalized spacial score (nSPS) is 25.9. The van der Waals surface area contributed by atoms with Crippen LogP contribution in [-0.4, -0.2) is 65.3 Å². The van der Waals surface area contributed by atoms with Gasteiger partial charge in [0.25, 0.3) is 0 Å². The van der Waals surface area contributed by atoms with Gasteiger partial charge in [-0.2, -0.15) is 15.0 Å². The molecule has 10 nitrogen and oxygen atoms in total. The number of nitrogens with zero attached hydrogens (tertiary/aromatic N) is 5. The smallest absolute Gasteiger partial charge is 0.232 e. The summed E-state index contributed by atoms with van der Waals surface area (Å²) in [6, 6.07) is 7.55. The summed E-state index contributed by atoms with van der Waals surface area (Å²) in [4.78, 5) is 18.1. The highest BCUT2D eigenvalue weighted by atomic mass is 35.5.